The largest absolute Gasteiger partial charge is 0.505 e. The van der Waals surface area contributed by atoms with E-state index < -0.39 is 5.82 Å². The fourth-order valence-corrected chi connectivity index (χ4v) is 3.67. The molecule has 1 aromatic heterocycles. The first kappa shape index (κ1) is 22.6. The molecular formula is C18H26FIN6OS. The predicted molar refractivity (Wildman–Crippen MR) is 121 cm³/mol. The van der Waals surface area contributed by atoms with Crippen molar-refractivity contribution in [2.45, 2.75) is 26.8 Å². The fourth-order valence-electron chi connectivity index (χ4n) is 2.87. The summed E-state index contributed by atoms with van der Waals surface area (Å²) in [6.45, 7) is 8.58. The van der Waals surface area contributed by atoms with Crippen LogP contribution in [0.5, 0.6) is 5.75 Å². The van der Waals surface area contributed by atoms with Crippen molar-refractivity contribution in [3.8, 4) is 5.75 Å². The minimum Gasteiger partial charge on any atom is -0.505 e. The third kappa shape index (κ3) is 5.66. The van der Waals surface area contributed by atoms with E-state index in [-0.39, 0.29) is 29.7 Å². The van der Waals surface area contributed by atoms with Gasteiger partial charge in [-0.1, -0.05) is 13.0 Å². The second kappa shape index (κ2) is 10.7. The average molecular weight is 520 g/mol. The van der Waals surface area contributed by atoms with E-state index in [1.54, 1.807) is 6.07 Å². The van der Waals surface area contributed by atoms with Gasteiger partial charge in [-0.25, -0.2) is 14.4 Å². The summed E-state index contributed by atoms with van der Waals surface area (Å²) >= 11 is 1.46. The van der Waals surface area contributed by atoms with E-state index in [1.807, 2.05) is 6.92 Å². The average Bonchev–Trinajstić information content (AvgIpc) is 3.17. The van der Waals surface area contributed by atoms with Gasteiger partial charge in [-0.05, 0) is 24.6 Å². The highest BCUT2D eigenvalue weighted by Gasteiger charge is 2.22. The quantitative estimate of drug-likeness (QED) is 0.359. The van der Waals surface area contributed by atoms with Crippen LogP contribution in [-0.2, 0) is 13.0 Å². The number of rotatable bonds is 5. The summed E-state index contributed by atoms with van der Waals surface area (Å²) in [6, 6.07) is 4.36. The van der Waals surface area contributed by atoms with Crippen LogP contribution in [0.25, 0.3) is 0 Å². The Bertz CT molecular complexity index is 794. The highest BCUT2D eigenvalue weighted by Crippen LogP contribution is 2.20. The van der Waals surface area contributed by atoms with Crippen LogP contribution in [0.3, 0.4) is 0 Å². The Labute approximate surface area is 185 Å². The number of halogens is 2. The fraction of sp³-hybridized carbons (Fsp3) is 0.500. The Morgan fingerprint density at radius 3 is 2.64 bits per heavy atom. The molecule has 1 aliphatic rings. The number of hydrogen-bond acceptors (Lipinski definition) is 6. The van der Waals surface area contributed by atoms with Gasteiger partial charge >= 0.3 is 0 Å². The van der Waals surface area contributed by atoms with Gasteiger partial charge in [0.2, 0.25) is 5.13 Å². The van der Waals surface area contributed by atoms with Crippen molar-refractivity contribution in [3.05, 3.63) is 35.4 Å². The molecule has 1 aliphatic heterocycles. The molecule has 1 fully saturated rings. The minimum atomic E-state index is -0.621. The van der Waals surface area contributed by atoms with Gasteiger partial charge < -0.3 is 20.2 Å². The van der Waals surface area contributed by atoms with Crippen molar-refractivity contribution in [1.82, 2.24) is 19.6 Å². The van der Waals surface area contributed by atoms with Crippen LogP contribution in [0, 0.1) is 5.82 Å². The van der Waals surface area contributed by atoms with Crippen molar-refractivity contribution in [2.24, 2.45) is 4.99 Å². The topological polar surface area (TPSA) is 76.9 Å². The molecule has 0 amide bonds. The number of nitrogens with zero attached hydrogens (tertiary/aromatic N) is 5. The van der Waals surface area contributed by atoms with Crippen LogP contribution in [0.15, 0.2) is 23.2 Å². The Morgan fingerprint density at radius 2 is 2.04 bits per heavy atom. The van der Waals surface area contributed by atoms with E-state index in [9.17, 15) is 9.50 Å². The molecule has 28 heavy (non-hydrogen) atoms. The summed E-state index contributed by atoms with van der Waals surface area (Å²) in [5, 5.41) is 13.6. The summed E-state index contributed by atoms with van der Waals surface area (Å²) in [5.74, 6) is 0.754. The van der Waals surface area contributed by atoms with E-state index >= 15 is 0 Å². The molecular weight excluding hydrogens is 494 g/mol. The Morgan fingerprint density at radius 1 is 1.29 bits per heavy atom. The van der Waals surface area contributed by atoms with E-state index in [4.69, 9.17) is 0 Å². The first-order chi connectivity index (χ1) is 13.1. The Hall–Kier alpha value is -1.69. The maximum atomic E-state index is 13.5. The van der Waals surface area contributed by atoms with Crippen LogP contribution in [-0.4, -0.2) is 58.0 Å². The molecule has 3 rings (SSSR count). The van der Waals surface area contributed by atoms with Crippen molar-refractivity contribution in [3.63, 3.8) is 0 Å². The zero-order chi connectivity index (χ0) is 19.2. The SMILES string of the molecule is CCNC(=NCc1ccc(O)c(F)c1)N1CCN(c2nc(CC)ns2)CC1.I. The maximum Gasteiger partial charge on any atom is 0.205 e. The molecule has 1 saturated heterocycles. The van der Waals surface area contributed by atoms with Gasteiger partial charge in [-0.2, -0.15) is 4.37 Å². The predicted octanol–water partition coefficient (Wildman–Crippen LogP) is 2.85. The minimum absolute atomic E-state index is 0. The van der Waals surface area contributed by atoms with Gasteiger partial charge in [0.1, 0.15) is 5.82 Å². The summed E-state index contributed by atoms with van der Waals surface area (Å²) in [6.07, 6.45) is 0.853. The highest BCUT2D eigenvalue weighted by molar-refractivity contribution is 14.0. The smallest absolute Gasteiger partial charge is 0.205 e. The number of aromatic nitrogens is 2. The van der Waals surface area contributed by atoms with E-state index in [0.29, 0.717) is 6.54 Å². The number of aryl methyl sites for hydroxylation is 1. The van der Waals surface area contributed by atoms with Crippen LogP contribution in [0.2, 0.25) is 0 Å². The lowest BCUT2D eigenvalue weighted by atomic mass is 10.2. The number of nitrogens with one attached hydrogen (secondary N) is 1. The number of aromatic hydroxyl groups is 1. The summed E-state index contributed by atoms with van der Waals surface area (Å²) in [5.41, 5.74) is 0.722. The molecule has 2 aromatic rings. The van der Waals surface area contributed by atoms with E-state index in [2.05, 4.69) is 36.4 Å². The molecule has 0 atom stereocenters. The van der Waals surface area contributed by atoms with E-state index in [1.165, 1.54) is 23.7 Å². The molecule has 154 valence electrons. The van der Waals surface area contributed by atoms with Crippen molar-refractivity contribution < 1.29 is 9.50 Å². The second-order valence-electron chi connectivity index (χ2n) is 6.28. The molecule has 0 bridgehead atoms. The number of anilines is 1. The number of phenolic OH excluding ortho intramolecular Hbond substituents is 1. The first-order valence-corrected chi connectivity index (χ1v) is 9.96. The standard InChI is InChI=1S/C18H25FN6OS.HI/c1-3-16-22-18(27-23-16)25-9-7-24(8-10-25)17(20-4-2)21-12-13-5-6-15(26)14(19)11-13;/h5-6,11,26H,3-4,7-10,12H2,1-2H3,(H,20,21);1H. The van der Waals surface area contributed by atoms with E-state index in [0.717, 1.165) is 61.6 Å². The number of aliphatic imine (C=N–C) groups is 1. The summed E-state index contributed by atoms with van der Waals surface area (Å²) in [4.78, 5) is 13.7. The molecule has 0 unspecified atom stereocenters. The number of phenols is 1. The molecule has 0 aliphatic carbocycles. The van der Waals surface area contributed by atoms with Crippen LogP contribution < -0.4 is 10.2 Å². The zero-order valence-electron chi connectivity index (χ0n) is 16.1. The lowest BCUT2D eigenvalue weighted by molar-refractivity contribution is 0.372. The van der Waals surface area contributed by atoms with Gasteiger partial charge in [0.25, 0.3) is 0 Å². The molecule has 0 saturated carbocycles. The number of hydrogen-bond donors (Lipinski definition) is 2. The van der Waals surface area contributed by atoms with Crippen molar-refractivity contribution >= 4 is 46.6 Å². The third-order valence-corrected chi connectivity index (χ3v) is 5.20. The van der Waals surface area contributed by atoms with Crippen LogP contribution in [0.1, 0.15) is 25.2 Å². The molecule has 2 heterocycles. The number of piperazine rings is 1. The van der Waals surface area contributed by atoms with Crippen molar-refractivity contribution in [1.29, 1.82) is 0 Å². The van der Waals surface area contributed by atoms with Gasteiger partial charge in [-0.3, -0.25) is 0 Å². The normalized spacial score (nSPS) is 14.8. The Balaban J connectivity index is 0.00000280. The second-order valence-corrected chi connectivity index (χ2v) is 7.01. The number of benzene rings is 1. The zero-order valence-corrected chi connectivity index (χ0v) is 19.2. The summed E-state index contributed by atoms with van der Waals surface area (Å²) < 4.78 is 17.9. The van der Waals surface area contributed by atoms with Crippen LogP contribution >= 0.6 is 35.5 Å². The van der Waals surface area contributed by atoms with Gasteiger partial charge in [0.15, 0.2) is 17.5 Å². The third-order valence-electron chi connectivity index (χ3n) is 4.38. The molecule has 1 aromatic carbocycles. The summed E-state index contributed by atoms with van der Waals surface area (Å²) in [7, 11) is 0. The van der Waals surface area contributed by atoms with Gasteiger partial charge in [0.05, 0.1) is 6.54 Å². The molecule has 0 radical (unpaired) electrons. The Kier molecular flexibility index (Phi) is 8.67. The lowest BCUT2D eigenvalue weighted by Gasteiger charge is -2.36. The highest BCUT2D eigenvalue weighted by atomic mass is 127. The molecule has 2 N–H and O–H groups in total. The van der Waals surface area contributed by atoms with Gasteiger partial charge in [0, 0.05) is 50.7 Å². The lowest BCUT2D eigenvalue weighted by Crippen LogP contribution is -2.52. The molecule has 7 nitrogen and oxygen atoms in total. The van der Waals surface area contributed by atoms with Gasteiger partial charge in [-0.15, -0.1) is 24.0 Å². The van der Waals surface area contributed by atoms with Crippen molar-refractivity contribution in [2.75, 3.05) is 37.6 Å². The monoisotopic (exact) mass is 520 g/mol. The molecule has 10 heteroatoms. The maximum absolute atomic E-state index is 13.5. The number of guanidine groups is 1. The van der Waals surface area contributed by atoms with Crippen LogP contribution in [0.4, 0.5) is 9.52 Å². The molecule has 0 spiro atoms. The first-order valence-electron chi connectivity index (χ1n) is 9.18.